The molecule has 0 saturated carbocycles. The van der Waals surface area contributed by atoms with Crippen LogP contribution in [0.2, 0.25) is 0 Å². The van der Waals surface area contributed by atoms with Crippen LogP contribution in [0.25, 0.3) is 11.3 Å². The van der Waals surface area contributed by atoms with Gasteiger partial charge in [0.25, 0.3) is 5.91 Å². The fraction of sp³-hybridized carbons (Fsp3) is 0.150. The molecule has 0 bridgehead atoms. The quantitative estimate of drug-likeness (QED) is 0.747. The first-order valence-corrected chi connectivity index (χ1v) is 9.22. The fourth-order valence-electron chi connectivity index (χ4n) is 3.15. The van der Waals surface area contributed by atoms with Gasteiger partial charge in [0.1, 0.15) is 5.75 Å². The van der Waals surface area contributed by atoms with Gasteiger partial charge in [-0.3, -0.25) is 9.69 Å². The number of fused-ring (bicyclic) bond motifs is 1. The molecular weight excluding hydrogens is 364 g/mol. The number of benzene rings is 2. The summed E-state index contributed by atoms with van der Waals surface area (Å²) in [5, 5.41) is 12.7. The summed E-state index contributed by atoms with van der Waals surface area (Å²) in [6.07, 6.45) is 0. The number of carboxylic acid groups (broad SMARTS) is 1. The van der Waals surface area contributed by atoms with Gasteiger partial charge in [0.15, 0.2) is 12.6 Å². The van der Waals surface area contributed by atoms with Crippen molar-refractivity contribution in [2.45, 2.75) is 13.0 Å². The Bertz CT molecular complexity index is 1020. The summed E-state index contributed by atoms with van der Waals surface area (Å²) < 4.78 is 5.53. The molecule has 4 rings (SSSR count). The van der Waals surface area contributed by atoms with E-state index in [1.165, 1.54) is 16.2 Å². The standard InChI is InChI=1S/C20H16N2O4S/c1-12-21-15(11-27-12)14-7-8-17-16(9-14)22(18(23)10-26-17)19(20(24)25)13-5-3-2-4-6-13/h2-9,11,19H,10H2,1H3,(H,24,25). The number of carbonyl (C=O) groups is 2. The molecule has 1 aliphatic heterocycles. The van der Waals surface area contributed by atoms with Crippen LogP contribution in [0.5, 0.6) is 5.75 Å². The van der Waals surface area contributed by atoms with Gasteiger partial charge in [0, 0.05) is 10.9 Å². The molecule has 0 fully saturated rings. The molecule has 2 aromatic carbocycles. The third kappa shape index (κ3) is 3.17. The first kappa shape index (κ1) is 17.2. The number of amides is 1. The minimum Gasteiger partial charge on any atom is -0.482 e. The van der Waals surface area contributed by atoms with Crippen LogP contribution < -0.4 is 9.64 Å². The van der Waals surface area contributed by atoms with Crippen LogP contribution in [0.3, 0.4) is 0 Å². The van der Waals surface area contributed by atoms with E-state index in [4.69, 9.17) is 4.74 Å². The second kappa shape index (κ2) is 6.85. The molecule has 1 aliphatic rings. The highest BCUT2D eigenvalue weighted by molar-refractivity contribution is 7.09. The average Bonchev–Trinajstić information content (AvgIpc) is 3.10. The van der Waals surface area contributed by atoms with E-state index in [-0.39, 0.29) is 6.61 Å². The van der Waals surface area contributed by atoms with Crippen LogP contribution in [0, 0.1) is 6.92 Å². The smallest absolute Gasteiger partial charge is 0.331 e. The van der Waals surface area contributed by atoms with Crippen LogP contribution in [-0.2, 0) is 9.59 Å². The molecule has 0 saturated heterocycles. The molecule has 1 amide bonds. The Morgan fingerprint density at radius 3 is 2.70 bits per heavy atom. The predicted octanol–water partition coefficient (Wildman–Crippen LogP) is 3.67. The first-order valence-electron chi connectivity index (χ1n) is 8.34. The number of hydrogen-bond donors (Lipinski definition) is 1. The summed E-state index contributed by atoms with van der Waals surface area (Å²) in [7, 11) is 0. The maximum absolute atomic E-state index is 12.7. The van der Waals surface area contributed by atoms with E-state index >= 15 is 0 Å². The molecule has 0 radical (unpaired) electrons. The lowest BCUT2D eigenvalue weighted by atomic mass is 10.0. The monoisotopic (exact) mass is 380 g/mol. The number of ether oxygens (including phenoxy) is 1. The summed E-state index contributed by atoms with van der Waals surface area (Å²) in [5.41, 5.74) is 2.55. The number of aryl methyl sites for hydroxylation is 1. The zero-order chi connectivity index (χ0) is 19.0. The topological polar surface area (TPSA) is 79.7 Å². The molecule has 136 valence electrons. The highest BCUT2D eigenvalue weighted by Crippen LogP contribution is 2.40. The third-order valence-corrected chi connectivity index (χ3v) is 5.13. The van der Waals surface area contributed by atoms with E-state index in [9.17, 15) is 14.7 Å². The summed E-state index contributed by atoms with van der Waals surface area (Å²) in [6, 6.07) is 13.0. The van der Waals surface area contributed by atoms with Gasteiger partial charge in [0.05, 0.1) is 16.4 Å². The molecule has 2 heterocycles. The van der Waals surface area contributed by atoms with Crippen LogP contribution >= 0.6 is 11.3 Å². The van der Waals surface area contributed by atoms with Crippen molar-refractivity contribution in [1.29, 1.82) is 0 Å². The van der Waals surface area contributed by atoms with Crippen molar-refractivity contribution in [1.82, 2.24) is 4.98 Å². The Balaban J connectivity index is 1.84. The Morgan fingerprint density at radius 1 is 1.26 bits per heavy atom. The number of anilines is 1. The second-order valence-electron chi connectivity index (χ2n) is 6.14. The van der Waals surface area contributed by atoms with Gasteiger partial charge in [-0.25, -0.2) is 9.78 Å². The normalized spacial score (nSPS) is 14.4. The Morgan fingerprint density at radius 2 is 2.04 bits per heavy atom. The highest BCUT2D eigenvalue weighted by Gasteiger charge is 2.37. The number of aliphatic carboxylic acids is 1. The molecule has 1 N–H and O–H groups in total. The van der Waals surface area contributed by atoms with E-state index in [0.717, 1.165) is 16.3 Å². The number of thiazole rings is 1. The summed E-state index contributed by atoms with van der Waals surface area (Å²) in [6.45, 7) is 1.72. The van der Waals surface area contributed by atoms with Crippen LogP contribution in [0.15, 0.2) is 53.9 Å². The van der Waals surface area contributed by atoms with Crippen LogP contribution in [0.4, 0.5) is 5.69 Å². The molecule has 0 spiro atoms. The maximum atomic E-state index is 12.7. The van der Waals surface area contributed by atoms with Gasteiger partial charge in [-0.05, 0) is 30.7 Å². The highest BCUT2D eigenvalue weighted by atomic mass is 32.1. The summed E-state index contributed by atoms with van der Waals surface area (Å²) in [4.78, 5) is 30.5. The molecule has 1 atom stereocenters. The number of aromatic nitrogens is 1. The van der Waals surface area contributed by atoms with Crippen LogP contribution in [-0.4, -0.2) is 28.6 Å². The second-order valence-corrected chi connectivity index (χ2v) is 7.20. The molecule has 27 heavy (non-hydrogen) atoms. The van der Waals surface area contributed by atoms with Crippen molar-refractivity contribution >= 4 is 28.9 Å². The molecule has 3 aromatic rings. The van der Waals surface area contributed by atoms with Crippen molar-refractivity contribution in [2.75, 3.05) is 11.5 Å². The van der Waals surface area contributed by atoms with E-state index in [2.05, 4.69) is 4.98 Å². The van der Waals surface area contributed by atoms with Gasteiger partial charge in [0.2, 0.25) is 0 Å². The van der Waals surface area contributed by atoms with Crippen molar-refractivity contribution < 1.29 is 19.4 Å². The van der Waals surface area contributed by atoms with Gasteiger partial charge in [-0.15, -0.1) is 11.3 Å². The molecule has 6 nitrogen and oxygen atoms in total. The molecular formula is C20H16N2O4S. The average molecular weight is 380 g/mol. The Labute approximate surface area is 159 Å². The first-order chi connectivity index (χ1) is 13.0. The number of rotatable bonds is 4. The van der Waals surface area contributed by atoms with Gasteiger partial charge in [-0.1, -0.05) is 30.3 Å². The van der Waals surface area contributed by atoms with Gasteiger partial charge in [-0.2, -0.15) is 0 Å². The molecule has 1 unspecified atom stereocenters. The largest absolute Gasteiger partial charge is 0.482 e. The fourth-order valence-corrected chi connectivity index (χ4v) is 3.77. The number of nitrogens with zero attached hydrogens (tertiary/aromatic N) is 2. The van der Waals surface area contributed by atoms with E-state index < -0.39 is 17.9 Å². The maximum Gasteiger partial charge on any atom is 0.331 e. The van der Waals surface area contributed by atoms with E-state index in [1.54, 1.807) is 42.5 Å². The summed E-state index contributed by atoms with van der Waals surface area (Å²) >= 11 is 1.53. The zero-order valence-corrected chi connectivity index (χ0v) is 15.3. The lowest BCUT2D eigenvalue weighted by Gasteiger charge is -2.34. The van der Waals surface area contributed by atoms with Crippen molar-refractivity contribution in [3.8, 4) is 17.0 Å². The van der Waals surface area contributed by atoms with E-state index in [0.29, 0.717) is 17.0 Å². The minimum atomic E-state index is -1.13. The predicted molar refractivity (Wildman–Crippen MR) is 102 cm³/mol. The Hall–Kier alpha value is -3.19. The van der Waals surface area contributed by atoms with Crippen LogP contribution in [0.1, 0.15) is 16.6 Å². The summed E-state index contributed by atoms with van der Waals surface area (Å²) in [5.74, 6) is -1.02. The molecule has 7 heteroatoms. The molecule has 0 aliphatic carbocycles. The van der Waals surface area contributed by atoms with E-state index in [1.807, 2.05) is 18.4 Å². The van der Waals surface area contributed by atoms with Crippen molar-refractivity contribution in [2.24, 2.45) is 0 Å². The SMILES string of the molecule is Cc1nc(-c2ccc3c(c2)N(C(C(=O)O)c2ccccc2)C(=O)CO3)cs1. The van der Waals surface area contributed by atoms with Crippen molar-refractivity contribution in [3.63, 3.8) is 0 Å². The number of hydrogen-bond acceptors (Lipinski definition) is 5. The van der Waals surface area contributed by atoms with Gasteiger partial charge >= 0.3 is 5.97 Å². The zero-order valence-electron chi connectivity index (χ0n) is 14.5. The van der Waals surface area contributed by atoms with Gasteiger partial charge < -0.3 is 9.84 Å². The van der Waals surface area contributed by atoms with Crippen molar-refractivity contribution in [3.05, 3.63) is 64.5 Å². The molecule has 1 aromatic heterocycles. The number of carboxylic acids is 1. The number of carbonyl (C=O) groups excluding carboxylic acids is 1. The Kier molecular flexibility index (Phi) is 4.37. The third-order valence-electron chi connectivity index (χ3n) is 4.36. The lowest BCUT2D eigenvalue weighted by Crippen LogP contribution is -2.44. The minimum absolute atomic E-state index is 0.196. The lowest BCUT2D eigenvalue weighted by molar-refractivity contribution is -0.140.